The van der Waals surface area contributed by atoms with E-state index in [-0.39, 0.29) is 18.6 Å². The van der Waals surface area contributed by atoms with Crippen LogP contribution < -0.4 is 10.1 Å². The van der Waals surface area contributed by atoms with Crippen LogP contribution in [0.5, 0.6) is 5.75 Å². The predicted molar refractivity (Wildman–Crippen MR) is 98.9 cm³/mol. The van der Waals surface area contributed by atoms with Gasteiger partial charge in [-0.15, -0.1) is 11.8 Å². The molecule has 0 aliphatic heterocycles. The van der Waals surface area contributed by atoms with Crippen molar-refractivity contribution in [1.82, 2.24) is 0 Å². The van der Waals surface area contributed by atoms with Gasteiger partial charge in [-0.1, -0.05) is 6.07 Å². The molecule has 0 aliphatic rings. The van der Waals surface area contributed by atoms with Gasteiger partial charge in [-0.25, -0.2) is 0 Å². The van der Waals surface area contributed by atoms with E-state index in [9.17, 15) is 4.79 Å². The van der Waals surface area contributed by atoms with E-state index < -0.39 is 0 Å². The lowest BCUT2D eigenvalue weighted by Crippen LogP contribution is -2.19. The topological polar surface area (TPSA) is 71.3 Å². The molecule has 1 N–H and O–H groups in total. The minimum absolute atomic E-state index is 0.204. The van der Waals surface area contributed by atoms with Crippen molar-refractivity contribution >= 4 is 23.4 Å². The molecule has 0 saturated carbocycles. The molecule has 6 heteroatoms. The lowest BCUT2D eigenvalue weighted by Gasteiger charge is -2.21. The van der Waals surface area contributed by atoms with Crippen LogP contribution in [0.2, 0.25) is 0 Å². The number of carbonyl (C=O) groups excluding carboxylic acids is 1. The lowest BCUT2D eigenvalue weighted by molar-refractivity contribution is -0.141. The van der Waals surface area contributed by atoms with Gasteiger partial charge in [0.1, 0.15) is 12.4 Å². The van der Waals surface area contributed by atoms with E-state index in [1.54, 1.807) is 31.0 Å². The van der Waals surface area contributed by atoms with E-state index in [1.807, 2.05) is 36.6 Å². The molecule has 0 aliphatic carbocycles. The SMILES string of the molecule is COc1ccc(C(COC(C)=O)Nc2ccc(C#N)cc2)cc1SC. The highest BCUT2D eigenvalue weighted by Gasteiger charge is 2.16. The minimum Gasteiger partial charge on any atom is -0.496 e. The smallest absolute Gasteiger partial charge is 0.302 e. The molecule has 0 heterocycles. The summed E-state index contributed by atoms with van der Waals surface area (Å²) in [6.45, 7) is 1.59. The van der Waals surface area contributed by atoms with Crippen LogP contribution in [-0.2, 0) is 9.53 Å². The fourth-order valence-corrected chi connectivity index (χ4v) is 2.94. The van der Waals surface area contributed by atoms with E-state index in [4.69, 9.17) is 14.7 Å². The number of carbonyl (C=O) groups is 1. The molecule has 0 aromatic heterocycles. The highest BCUT2D eigenvalue weighted by atomic mass is 32.2. The van der Waals surface area contributed by atoms with Crippen LogP contribution in [-0.4, -0.2) is 25.9 Å². The van der Waals surface area contributed by atoms with Crippen molar-refractivity contribution in [2.75, 3.05) is 25.3 Å². The molecule has 0 radical (unpaired) electrons. The second-order valence-electron chi connectivity index (χ2n) is 5.30. The molecular formula is C19H20N2O3S. The summed E-state index contributed by atoms with van der Waals surface area (Å²) in [4.78, 5) is 12.2. The highest BCUT2D eigenvalue weighted by molar-refractivity contribution is 7.98. The van der Waals surface area contributed by atoms with Gasteiger partial charge >= 0.3 is 5.97 Å². The van der Waals surface area contributed by atoms with Crippen molar-refractivity contribution in [3.63, 3.8) is 0 Å². The summed E-state index contributed by atoms with van der Waals surface area (Å²) in [7, 11) is 1.64. The number of thioether (sulfide) groups is 1. The van der Waals surface area contributed by atoms with Crippen LogP contribution in [0.4, 0.5) is 5.69 Å². The molecule has 2 rings (SSSR count). The molecular weight excluding hydrogens is 336 g/mol. The molecule has 0 amide bonds. The summed E-state index contributed by atoms with van der Waals surface area (Å²) >= 11 is 1.59. The summed E-state index contributed by atoms with van der Waals surface area (Å²) in [5, 5.41) is 12.3. The van der Waals surface area contributed by atoms with Crippen molar-refractivity contribution in [3.05, 3.63) is 53.6 Å². The fraction of sp³-hybridized carbons (Fsp3) is 0.263. The molecule has 1 unspecified atom stereocenters. The molecule has 2 aromatic carbocycles. The number of nitrogens with one attached hydrogen (secondary N) is 1. The van der Waals surface area contributed by atoms with Crippen LogP contribution >= 0.6 is 11.8 Å². The Kier molecular flexibility index (Phi) is 6.72. The third-order valence-corrected chi connectivity index (χ3v) is 4.38. The Balaban J connectivity index is 2.28. The van der Waals surface area contributed by atoms with E-state index in [2.05, 4.69) is 11.4 Å². The molecule has 130 valence electrons. The summed E-state index contributed by atoms with van der Waals surface area (Å²) in [5.41, 5.74) is 2.42. The normalized spacial score (nSPS) is 11.3. The van der Waals surface area contributed by atoms with Gasteiger partial charge < -0.3 is 14.8 Å². The summed E-state index contributed by atoms with van der Waals surface area (Å²) in [6.07, 6.45) is 1.98. The monoisotopic (exact) mass is 356 g/mol. The average molecular weight is 356 g/mol. The standard InChI is InChI=1S/C19H20N2O3S/c1-13(22)24-12-17(21-16-7-4-14(11-20)5-8-16)15-6-9-18(23-2)19(10-15)25-3/h4-10,17,21H,12H2,1-3H3. The molecule has 2 aromatic rings. The van der Waals surface area contributed by atoms with Gasteiger partial charge in [0.05, 0.1) is 24.8 Å². The number of hydrogen-bond donors (Lipinski definition) is 1. The number of rotatable bonds is 7. The zero-order chi connectivity index (χ0) is 18.2. The zero-order valence-electron chi connectivity index (χ0n) is 14.4. The van der Waals surface area contributed by atoms with Crippen LogP contribution in [0.3, 0.4) is 0 Å². The summed E-state index contributed by atoms with van der Waals surface area (Å²) in [5.74, 6) is 0.478. The van der Waals surface area contributed by atoms with E-state index >= 15 is 0 Å². The van der Waals surface area contributed by atoms with Crippen molar-refractivity contribution < 1.29 is 14.3 Å². The first kappa shape index (κ1) is 18.7. The first-order chi connectivity index (χ1) is 12.1. The van der Waals surface area contributed by atoms with Gasteiger partial charge in [0, 0.05) is 17.5 Å². The fourth-order valence-electron chi connectivity index (χ4n) is 2.33. The van der Waals surface area contributed by atoms with Gasteiger partial charge in [0.2, 0.25) is 0 Å². The summed E-state index contributed by atoms with van der Waals surface area (Å²) < 4.78 is 10.6. The maximum atomic E-state index is 11.2. The largest absolute Gasteiger partial charge is 0.496 e. The Morgan fingerprint density at radius 2 is 2.00 bits per heavy atom. The Bertz CT molecular complexity index is 769. The van der Waals surface area contributed by atoms with E-state index in [0.717, 1.165) is 21.9 Å². The second-order valence-corrected chi connectivity index (χ2v) is 6.15. The molecule has 5 nitrogen and oxygen atoms in total. The number of nitriles is 1. The maximum Gasteiger partial charge on any atom is 0.302 e. The predicted octanol–water partition coefficient (Wildman–Crippen LogP) is 4.01. The van der Waals surface area contributed by atoms with Crippen molar-refractivity contribution in [3.8, 4) is 11.8 Å². The van der Waals surface area contributed by atoms with Gasteiger partial charge in [-0.3, -0.25) is 4.79 Å². The highest BCUT2D eigenvalue weighted by Crippen LogP contribution is 2.31. The number of esters is 1. The summed E-state index contributed by atoms with van der Waals surface area (Å²) in [6, 6.07) is 14.9. The van der Waals surface area contributed by atoms with Gasteiger partial charge in [0.15, 0.2) is 0 Å². The lowest BCUT2D eigenvalue weighted by atomic mass is 10.1. The van der Waals surface area contributed by atoms with Crippen LogP contribution in [0.1, 0.15) is 24.1 Å². The van der Waals surface area contributed by atoms with Crippen molar-refractivity contribution in [1.29, 1.82) is 5.26 Å². The molecule has 0 bridgehead atoms. The van der Waals surface area contributed by atoms with Crippen molar-refractivity contribution in [2.24, 2.45) is 0 Å². The number of methoxy groups -OCH3 is 1. The maximum absolute atomic E-state index is 11.2. The third kappa shape index (κ3) is 5.16. The molecule has 25 heavy (non-hydrogen) atoms. The number of anilines is 1. The quantitative estimate of drug-likeness (QED) is 0.597. The molecule has 0 saturated heterocycles. The Morgan fingerprint density at radius 1 is 1.28 bits per heavy atom. The second kappa shape index (κ2) is 9.00. The molecule has 0 spiro atoms. The van der Waals surface area contributed by atoms with Gasteiger partial charge in [-0.05, 0) is 48.2 Å². The van der Waals surface area contributed by atoms with Gasteiger partial charge in [0.25, 0.3) is 0 Å². The van der Waals surface area contributed by atoms with Crippen LogP contribution in [0, 0.1) is 11.3 Å². The van der Waals surface area contributed by atoms with E-state index in [0.29, 0.717) is 5.56 Å². The van der Waals surface area contributed by atoms with Gasteiger partial charge in [-0.2, -0.15) is 5.26 Å². The number of nitrogens with zero attached hydrogens (tertiary/aromatic N) is 1. The molecule has 0 fully saturated rings. The number of benzene rings is 2. The van der Waals surface area contributed by atoms with E-state index in [1.165, 1.54) is 6.92 Å². The average Bonchev–Trinajstić information content (AvgIpc) is 2.64. The number of ether oxygens (including phenoxy) is 2. The minimum atomic E-state index is -0.328. The first-order valence-corrected chi connectivity index (χ1v) is 8.92. The van der Waals surface area contributed by atoms with Crippen LogP contribution in [0.15, 0.2) is 47.4 Å². The zero-order valence-corrected chi connectivity index (χ0v) is 15.2. The first-order valence-electron chi connectivity index (χ1n) is 7.69. The van der Waals surface area contributed by atoms with Crippen molar-refractivity contribution in [2.45, 2.75) is 17.9 Å². The third-order valence-electron chi connectivity index (χ3n) is 3.62. The Morgan fingerprint density at radius 3 is 2.56 bits per heavy atom. The Hall–Kier alpha value is -2.65. The van der Waals surface area contributed by atoms with Crippen LogP contribution in [0.25, 0.3) is 0 Å². The Labute approximate surface area is 151 Å². The molecule has 1 atom stereocenters. The number of hydrogen-bond acceptors (Lipinski definition) is 6.